The van der Waals surface area contributed by atoms with Crippen LogP contribution in [0.15, 0.2) is 62.6 Å². The molecule has 1 fully saturated rings. The van der Waals surface area contributed by atoms with E-state index in [4.69, 9.17) is 4.42 Å². The number of carbonyl (C=O) groups excluding carboxylic acids is 1. The number of aromatic nitrogens is 2. The fraction of sp³-hybridized carbons (Fsp3) is 0.286. The van der Waals surface area contributed by atoms with E-state index in [0.29, 0.717) is 43.0 Å². The van der Waals surface area contributed by atoms with Gasteiger partial charge in [0.2, 0.25) is 21.8 Å². The molecule has 2 aromatic carbocycles. The molecule has 1 aromatic heterocycles. The predicted octanol–water partition coefficient (Wildman–Crippen LogP) is 3.31. The van der Waals surface area contributed by atoms with Gasteiger partial charge in [-0.15, -0.1) is 10.2 Å². The van der Waals surface area contributed by atoms with Gasteiger partial charge in [-0.3, -0.25) is 4.79 Å². The number of thioether (sulfide) groups is 1. The number of nitrogens with one attached hydrogen (secondary N) is 1. The Morgan fingerprint density at radius 2 is 1.79 bits per heavy atom. The number of hydrogen-bond donors (Lipinski definition) is 1. The van der Waals surface area contributed by atoms with E-state index in [0.717, 1.165) is 27.5 Å². The first kappa shape index (κ1) is 23.7. The van der Waals surface area contributed by atoms with Gasteiger partial charge in [0.15, 0.2) is 0 Å². The van der Waals surface area contributed by atoms with Crippen molar-refractivity contribution in [2.45, 2.75) is 5.22 Å². The van der Waals surface area contributed by atoms with Crippen molar-refractivity contribution in [3.8, 4) is 11.5 Å². The van der Waals surface area contributed by atoms with E-state index in [2.05, 4.69) is 36.3 Å². The second-order valence-corrected chi connectivity index (χ2v) is 11.2. The van der Waals surface area contributed by atoms with Crippen LogP contribution in [0.25, 0.3) is 11.5 Å². The van der Waals surface area contributed by atoms with Crippen LogP contribution in [0.1, 0.15) is 0 Å². The normalized spacial score (nSPS) is 14.9. The number of sulfonamides is 1. The summed E-state index contributed by atoms with van der Waals surface area (Å²) in [5.41, 5.74) is 2.34. The van der Waals surface area contributed by atoms with Crippen molar-refractivity contribution >= 4 is 55.0 Å². The third kappa shape index (κ3) is 6.14. The molecule has 174 valence electrons. The lowest BCUT2D eigenvalue weighted by Crippen LogP contribution is -2.48. The fourth-order valence-electron chi connectivity index (χ4n) is 3.41. The van der Waals surface area contributed by atoms with Crippen LogP contribution in [0.3, 0.4) is 0 Å². The molecule has 1 aliphatic rings. The van der Waals surface area contributed by atoms with Crippen LogP contribution in [0.4, 0.5) is 11.4 Å². The van der Waals surface area contributed by atoms with Crippen molar-refractivity contribution in [1.29, 1.82) is 0 Å². The van der Waals surface area contributed by atoms with Gasteiger partial charge in [-0.1, -0.05) is 39.8 Å². The molecule has 0 saturated carbocycles. The summed E-state index contributed by atoms with van der Waals surface area (Å²) >= 11 is 4.55. The van der Waals surface area contributed by atoms with E-state index in [1.165, 1.54) is 10.6 Å². The summed E-state index contributed by atoms with van der Waals surface area (Å²) in [6.07, 6.45) is 1.22. The summed E-state index contributed by atoms with van der Waals surface area (Å²) in [5.74, 6) is 0.299. The second kappa shape index (κ2) is 10.2. The van der Waals surface area contributed by atoms with Gasteiger partial charge < -0.3 is 14.6 Å². The first-order chi connectivity index (χ1) is 15.8. The summed E-state index contributed by atoms with van der Waals surface area (Å²) in [5, 5.41) is 11.3. The first-order valence-corrected chi connectivity index (χ1v) is 13.7. The molecule has 3 aromatic rings. The summed E-state index contributed by atoms with van der Waals surface area (Å²) in [6, 6.07) is 15.0. The number of hydrogen-bond acceptors (Lipinski definition) is 8. The molecule has 12 heteroatoms. The minimum atomic E-state index is -3.20. The number of nitrogens with zero attached hydrogens (tertiary/aromatic N) is 4. The van der Waals surface area contributed by atoms with E-state index in [-0.39, 0.29) is 11.7 Å². The van der Waals surface area contributed by atoms with Crippen LogP contribution < -0.4 is 10.2 Å². The number of rotatable bonds is 7. The van der Waals surface area contributed by atoms with E-state index < -0.39 is 10.0 Å². The summed E-state index contributed by atoms with van der Waals surface area (Å²) < 4.78 is 31.6. The molecule has 1 saturated heterocycles. The van der Waals surface area contributed by atoms with Gasteiger partial charge in [-0.2, -0.15) is 4.31 Å². The van der Waals surface area contributed by atoms with Crippen molar-refractivity contribution < 1.29 is 17.6 Å². The van der Waals surface area contributed by atoms with Gasteiger partial charge >= 0.3 is 0 Å². The predicted molar refractivity (Wildman–Crippen MR) is 132 cm³/mol. The second-order valence-electron chi connectivity index (χ2n) is 7.38. The summed E-state index contributed by atoms with van der Waals surface area (Å²) in [6.45, 7) is 1.93. The zero-order chi connectivity index (χ0) is 23.4. The average Bonchev–Trinajstić information content (AvgIpc) is 3.27. The van der Waals surface area contributed by atoms with Crippen LogP contribution >= 0.6 is 27.7 Å². The number of anilines is 2. The fourth-order valence-corrected chi connectivity index (χ4v) is 5.06. The smallest absolute Gasteiger partial charge is 0.277 e. The van der Waals surface area contributed by atoms with Crippen LogP contribution in [-0.2, 0) is 14.8 Å². The maximum absolute atomic E-state index is 12.6. The lowest BCUT2D eigenvalue weighted by atomic mass is 10.2. The number of benzene rings is 2. The van der Waals surface area contributed by atoms with Crippen LogP contribution in [0.2, 0.25) is 0 Å². The van der Waals surface area contributed by atoms with Crippen LogP contribution in [0.5, 0.6) is 0 Å². The Morgan fingerprint density at radius 3 is 2.48 bits per heavy atom. The van der Waals surface area contributed by atoms with Crippen LogP contribution in [-0.4, -0.2) is 67.0 Å². The number of halogens is 1. The van der Waals surface area contributed by atoms with E-state index >= 15 is 0 Å². The molecule has 0 radical (unpaired) electrons. The van der Waals surface area contributed by atoms with Crippen molar-refractivity contribution in [3.63, 3.8) is 0 Å². The Bertz CT molecular complexity index is 1230. The lowest BCUT2D eigenvalue weighted by molar-refractivity contribution is -0.113. The van der Waals surface area contributed by atoms with E-state index in [1.807, 2.05) is 48.5 Å². The molecule has 2 heterocycles. The SMILES string of the molecule is CS(=O)(=O)N1CCN(c2ccccc2NC(=O)CSc2nnc(-c3ccc(Br)cc3)o2)CC1. The highest BCUT2D eigenvalue weighted by Gasteiger charge is 2.25. The standard InChI is InChI=1S/C21H22BrN5O4S2/c1-33(29,30)27-12-10-26(11-13-27)18-5-3-2-4-17(18)23-19(28)14-32-21-25-24-20(31-21)15-6-8-16(22)9-7-15/h2-9H,10-14H2,1H3,(H,23,28). The molecule has 1 N–H and O–H groups in total. The molecule has 9 nitrogen and oxygen atoms in total. The molecule has 0 aliphatic carbocycles. The first-order valence-electron chi connectivity index (χ1n) is 10.1. The Kier molecular flexibility index (Phi) is 7.37. The monoisotopic (exact) mass is 551 g/mol. The average molecular weight is 552 g/mol. The van der Waals surface area contributed by atoms with Crippen LogP contribution in [0, 0.1) is 0 Å². The zero-order valence-corrected chi connectivity index (χ0v) is 21.0. The minimum absolute atomic E-state index is 0.109. The number of para-hydroxylation sites is 2. The Morgan fingerprint density at radius 1 is 1.09 bits per heavy atom. The van der Waals surface area contributed by atoms with Gasteiger partial charge in [0.1, 0.15) is 0 Å². The summed E-state index contributed by atoms with van der Waals surface area (Å²) in [4.78, 5) is 14.7. The quantitative estimate of drug-likeness (QED) is 0.445. The maximum atomic E-state index is 12.6. The van der Waals surface area contributed by atoms with Gasteiger partial charge in [-0.05, 0) is 36.4 Å². The third-order valence-corrected chi connectivity index (χ3v) is 7.70. The van der Waals surface area contributed by atoms with Gasteiger partial charge in [0.25, 0.3) is 5.22 Å². The maximum Gasteiger partial charge on any atom is 0.277 e. The lowest BCUT2D eigenvalue weighted by Gasteiger charge is -2.35. The molecule has 1 aliphatic heterocycles. The summed E-state index contributed by atoms with van der Waals surface area (Å²) in [7, 11) is -3.20. The Balaban J connectivity index is 1.35. The highest BCUT2D eigenvalue weighted by Crippen LogP contribution is 2.28. The molecule has 0 bridgehead atoms. The Labute approximate surface area is 204 Å². The zero-order valence-electron chi connectivity index (χ0n) is 17.8. The molecular weight excluding hydrogens is 530 g/mol. The number of piperazine rings is 1. The van der Waals surface area contributed by atoms with Crippen molar-refractivity contribution in [1.82, 2.24) is 14.5 Å². The third-order valence-electron chi connectivity index (χ3n) is 5.05. The molecule has 4 rings (SSSR count). The molecular formula is C21H22BrN5O4S2. The van der Waals surface area contributed by atoms with Crippen molar-refractivity contribution in [3.05, 3.63) is 53.0 Å². The van der Waals surface area contributed by atoms with E-state index in [9.17, 15) is 13.2 Å². The number of amides is 1. The van der Waals surface area contributed by atoms with E-state index in [1.54, 1.807) is 0 Å². The van der Waals surface area contributed by atoms with Gasteiger partial charge in [-0.25, -0.2) is 8.42 Å². The number of carbonyl (C=O) groups is 1. The largest absolute Gasteiger partial charge is 0.411 e. The van der Waals surface area contributed by atoms with Gasteiger partial charge in [0, 0.05) is 36.2 Å². The molecule has 0 spiro atoms. The highest BCUT2D eigenvalue weighted by molar-refractivity contribution is 9.10. The molecule has 0 unspecified atom stereocenters. The minimum Gasteiger partial charge on any atom is -0.411 e. The van der Waals surface area contributed by atoms with Gasteiger partial charge in [0.05, 0.1) is 23.4 Å². The van der Waals surface area contributed by atoms with Crippen molar-refractivity contribution in [2.24, 2.45) is 0 Å². The topological polar surface area (TPSA) is 109 Å². The molecule has 0 atom stereocenters. The molecule has 1 amide bonds. The van der Waals surface area contributed by atoms with Crippen molar-refractivity contribution in [2.75, 3.05) is 48.4 Å². The molecule has 33 heavy (non-hydrogen) atoms. The Hall–Kier alpha value is -2.41. The highest BCUT2D eigenvalue weighted by atomic mass is 79.9.